The van der Waals surface area contributed by atoms with E-state index in [4.69, 9.17) is 26.8 Å². The number of fused-ring (bicyclic) bond motifs is 1. The van der Waals surface area contributed by atoms with E-state index >= 15 is 0 Å². The molecule has 1 unspecified atom stereocenters. The maximum atomic E-state index is 12.6. The summed E-state index contributed by atoms with van der Waals surface area (Å²) in [7, 11) is 0. The van der Waals surface area contributed by atoms with Crippen LogP contribution in [-0.4, -0.2) is 33.0 Å². The van der Waals surface area contributed by atoms with Gasteiger partial charge < -0.3 is 20.5 Å². The maximum Gasteiger partial charge on any atom is 0.248 e. The molecular weight excluding hydrogens is 566 g/mol. The average molecular weight is 593 g/mol. The highest BCUT2D eigenvalue weighted by Gasteiger charge is 2.34. The van der Waals surface area contributed by atoms with Crippen molar-refractivity contribution in [3.63, 3.8) is 0 Å². The number of primary amides is 1. The predicted octanol–water partition coefficient (Wildman–Crippen LogP) is 5.95. The summed E-state index contributed by atoms with van der Waals surface area (Å²) in [5, 5.41) is 9.16. The number of benzene rings is 2. The molecule has 1 aliphatic heterocycles. The summed E-state index contributed by atoms with van der Waals surface area (Å²) in [6.45, 7) is 6.58. The lowest BCUT2D eigenvalue weighted by Gasteiger charge is -2.28. The Kier molecular flexibility index (Phi) is 8.48. The first-order valence-corrected chi connectivity index (χ1v) is 13.7. The number of allylic oxidation sites excluding steroid dienone is 1. The molecule has 1 amide bonds. The third-order valence-corrected chi connectivity index (χ3v) is 7.36. The Morgan fingerprint density at radius 3 is 2.67 bits per heavy atom. The summed E-state index contributed by atoms with van der Waals surface area (Å²) in [6.07, 6.45) is 0.997. The number of carbonyl (C=O) groups is 1. The topological polar surface area (TPSA) is 104 Å². The molecule has 0 bridgehead atoms. The van der Waals surface area contributed by atoms with E-state index in [-0.39, 0.29) is 0 Å². The molecule has 1 aliphatic rings. The van der Waals surface area contributed by atoms with Gasteiger partial charge in [-0.15, -0.1) is 5.10 Å². The number of nitrogens with one attached hydrogen (secondary N) is 1. The van der Waals surface area contributed by atoms with Crippen molar-refractivity contribution in [2.45, 2.75) is 45.0 Å². The fraction of sp³-hybridized carbons (Fsp3) is 0.320. The Morgan fingerprint density at radius 1 is 1.25 bits per heavy atom. The van der Waals surface area contributed by atoms with Crippen molar-refractivity contribution in [3.8, 4) is 11.5 Å². The molecule has 0 spiro atoms. The molecule has 3 aromatic rings. The zero-order valence-corrected chi connectivity index (χ0v) is 23.3. The SMILES string of the molecule is CCCSc1nc2n(n1)C(c1cc(Br)c(OCc3ccc(Cl)cc3)c(OCC)c1)C(C(N)=O)=C(C)N2. The number of thioether (sulfide) groups is 1. The molecule has 4 rings (SSSR count). The van der Waals surface area contributed by atoms with E-state index < -0.39 is 11.9 Å². The third-order valence-electron chi connectivity index (χ3n) is 5.48. The number of nitrogens with zero attached hydrogens (tertiary/aromatic N) is 3. The second kappa shape index (κ2) is 11.6. The van der Waals surface area contributed by atoms with Crippen LogP contribution in [0.4, 0.5) is 5.95 Å². The summed E-state index contributed by atoms with van der Waals surface area (Å²) in [4.78, 5) is 17.2. The number of anilines is 1. The van der Waals surface area contributed by atoms with Crippen LogP contribution in [0, 0.1) is 0 Å². The van der Waals surface area contributed by atoms with Crippen LogP contribution in [0.3, 0.4) is 0 Å². The maximum absolute atomic E-state index is 12.6. The minimum absolute atomic E-state index is 0.333. The first kappa shape index (κ1) is 26.4. The molecular formula is C25H27BrClN5O3S. The van der Waals surface area contributed by atoms with E-state index in [1.165, 1.54) is 0 Å². The van der Waals surface area contributed by atoms with Crippen molar-refractivity contribution in [1.29, 1.82) is 0 Å². The van der Waals surface area contributed by atoms with Gasteiger partial charge in [-0.3, -0.25) is 4.79 Å². The smallest absolute Gasteiger partial charge is 0.248 e. The molecule has 0 fully saturated rings. The lowest BCUT2D eigenvalue weighted by molar-refractivity contribution is -0.115. The number of carbonyl (C=O) groups excluding carboxylic acids is 1. The van der Waals surface area contributed by atoms with Gasteiger partial charge in [0.2, 0.25) is 17.0 Å². The van der Waals surface area contributed by atoms with Gasteiger partial charge in [0, 0.05) is 16.5 Å². The van der Waals surface area contributed by atoms with Gasteiger partial charge in [0.1, 0.15) is 12.6 Å². The van der Waals surface area contributed by atoms with Crippen molar-refractivity contribution >= 4 is 51.1 Å². The van der Waals surface area contributed by atoms with Crippen molar-refractivity contribution in [2.75, 3.05) is 17.7 Å². The fourth-order valence-electron chi connectivity index (χ4n) is 3.90. The molecule has 11 heteroatoms. The van der Waals surface area contributed by atoms with Crippen molar-refractivity contribution in [2.24, 2.45) is 5.73 Å². The van der Waals surface area contributed by atoms with Gasteiger partial charge in [0.15, 0.2) is 11.5 Å². The lowest BCUT2D eigenvalue weighted by Crippen LogP contribution is -2.32. The van der Waals surface area contributed by atoms with Crippen LogP contribution < -0.4 is 20.5 Å². The van der Waals surface area contributed by atoms with Crippen LogP contribution >= 0.6 is 39.3 Å². The molecule has 0 saturated heterocycles. The molecule has 1 aromatic heterocycles. The van der Waals surface area contributed by atoms with E-state index in [0.717, 1.165) is 23.3 Å². The first-order chi connectivity index (χ1) is 17.3. The molecule has 0 saturated carbocycles. The summed E-state index contributed by atoms with van der Waals surface area (Å²) in [6, 6.07) is 10.6. The molecule has 0 aliphatic carbocycles. The van der Waals surface area contributed by atoms with Gasteiger partial charge in [0.25, 0.3) is 0 Å². The van der Waals surface area contributed by atoms with Crippen LogP contribution in [0.25, 0.3) is 0 Å². The highest BCUT2D eigenvalue weighted by molar-refractivity contribution is 9.10. The quantitative estimate of drug-likeness (QED) is 0.280. The van der Waals surface area contributed by atoms with E-state index in [1.807, 2.05) is 50.2 Å². The van der Waals surface area contributed by atoms with Gasteiger partial charge in [-0.25, -0.2) is 4.68 Å². The number of aromatic nitrogens is 3. The Morgan fingerprint density at radius 2 is 2.00 bits per heavy atom. The highest BCUT2D eigenvalue weighted by atomic mass is 79.9. The van der Waals surface area contributed by atoms with Gasteiger partial charge in [-0.1, -0.05) is 42.4 Å². The minimum atomic E-state index is -0.581. The second-order valence-corrected chi connectivity index (χ2v) is 10.5. The number of hydrogen-bond donors (Lipinski definition) is 2. The average Bonchev–Trinajstić information content (AvgIpc) is 3.24. The second-order valence-electron chi connectivity index (χ2n) is 8.12. The monoisotopic (exact) mass is 591 g/mol. The highest BCUT2D eigenvalue weighted by Crippen LogP contribution is 2.43. The molecule has 2 heterocycles. The van der Waals surface area contributed by atoms with E-state index in [2.05, 4.69) is 38.3 Å². The predicted molar refractivity (Wildman–Crippen MR) is 146 cm³/mol. The molecule has 8 nitrogen and oxygen atoms in total. The first-order valence-electron chi connectivity index (χ1n) is 11.5. The number of nitrogens with two attached hydrogens (primary N) is 1. The summed E-state index contributed by atoms with van der Waals surface area (Å²) >= 11 is 11.2. The fourth-order valence-corrected chi connectivity index (χ4v) is 5.28. The van der Waals surface area contributed by atoms with Crippen molar-refractivity contribution in [3.05, 3.63) is 68.3 Å². The van der Waals surface area contributed by atoms with Gasteiger partial charge in [0.05, 0.1) is 16.7 Å². The van der Waals surface area contributed by atoms with E-state index in [9.17, 15) is 4.79 Å². The van der Waals surface area contributed by atoms with Crippen LogP contribution in [0.15, 0.2) is 57.3 Å². The molecule has 190 valence electrons. The van der Waals surface area contributed by atoms with Crippen molar-refractivity contribution in [1.82, 2.24) is 14.8 Å². The Labute approximate surface area is 227 Å². The van der Waals surface area contributed by atoms with Crippen LogP contribution in [0.1, 0.15) is 44.4 Å². The van der Waals surface area contributed by atoms with Gasteiger partial charge >= 0.3 is 0 Å². The van der Waals surface area contributed by atoms with Gasteiger partial charge in [-0.2, -0.15) is 4.98 Å². The standard InChI is InChI=1S/C25H27BrClN5O3S/c1-4-10-36-25-30-24-29-14(3)20(23(28)33)21(32(24)31-25)16-11-18(26)22(19(12-16)34-5-2)35-13-15-6-8-17(27)9-7-15/h6-9,11-12,21H,4-5,10,13H2,1-3H3,(H2,28,33)(H,29,30,31). The van der Waals surface area contributed by atoms with E-state index in [1.54, 1.807) is 16.4 Å². The van der Waals surface area contributed by atoms with E-state index in [0.29, 0.717) is 56.6 Å². The number of halogens is 2. The van der Waals surface area contributed by atoms with Crippen molar-refractivity contribution < 1.29 is 14.3 Å². The Balaban J connectivity index is 1.75. The van der Waals surface area contributed by atoms with Crippen LogP contribution in [0.2, 0.25) is 5.02 Å². The molecule has 36 heavy (non-hydrogen) atoms. The largest absolute Gasteiger partial charge is 0.490 e. The summed E-state index contributed by atoms with van der Waals surface area (Å²) in [5.74, 6) is 2.01. The van der Waals surface area contributed by atoms with Gasteiger partial charge in [-0.05, 0) is 71.6 Å². The summed E-state index contributed by atoms with van der Waals surface area (Å²) in [5.41, 5.74) is 8.61. The van der Waals surface area contributed by atoms with Crippen LogP contribution in [-0.2, 0) is 11.4 Å². The Hall–Kier alpha value is -2.69. The Bertz CT molecular complexity index is 1300. The zero-order valence-electron chi connectivity index (χ0n) is 20.2. The molecule has 3 N–H and O–H groups in total. The number of amides is 1. The number of rotatable bonds is 10. The molecule has 2 aromatic carbocycles. The zero-order chi connectivity index (χ0) is 25.8. The van der Waals surface area contributed by atoms with Crippen LogP contribution in [0.5, 0.6) is 11.5 Å². The number of hydrogen-bond acceptors (Lipinski definition) is 7. The number of ether oxygens (including phenoxy) is 2. The third kappa shape index (κ3) is 5.66. The normalized spacial score (nSPS) is 14.9. The minimum Gasteiger partial charge on any atom is -0.490 e. The molecule has 1 atom stereocenters. The lowest BCUT2D eigenvalue weighted by atomic mass is 9.95. The summed E-state index contributed by atoms with van der Waals surface area (Å²) < 4.78 is 14.5. The molecule has 0 radical (unpaired) electrons.